The molecule has 1 aromatic rings. The highest BCUT2D eigenvalue weighted by atomic mass is 15.2. The predicted molar refractivity (Wildman–Crippen MR) is 77.8 cm³/mol. The Morgan fingerprint density at radius 2 is 1.78 bits per heavy atom. The molecule has 0 bridgehead atoms. The molecule has 0 unspecified atom stereocenters. The highest BCUT2D eigenvalue weighted by molar-refractivity contribution is 4.86. The number of hydrogen-bond acceptors (Lipinski definition) is 0. The van der Waals surface area contributed by atoms with Gasteiger partial charge in [-0.15, -0.1) is 0 Å². The molecule has 0 saturated heterocycles. The summed E-state index contributed by atoms with van der Waals surface area (Å²) in [5.41, 5.74) is 0. The third kappa shape index (κ3) is 4.47. The highest BCUT2D eigenvalue weighted by Crippen LogP contribution is 2.11. The molecule has 1 heterocycles. The van der Waals surface area contributed by atoms with Crippen LogP contribution in [0, 0.1) is 0 Å². The van der Waals surface area contributed by atoms with Crippen molar-refractivity contribution < 1.29 is 4.57 Å². The maximum atomic E-state index is 2.47. The van der Waals surface area contributed by atoms with Gasteiger partial charge in [-0.25, -0.2) is 9.13 Å². The molecule has 2 nitrogen and oxygen atoms in total. The van der Waals surface area contributed by atoms with Crippen LogP contribution in [0.4, 0.5) is 0 Å². The van der Waals surface area contributed by atoms with Crippen LogP contribution >= 0.6 is 0 Å². The Kier molecular flexibility index (Phi) is 7.07. The van der Waals surface area contributed by atoms with Crippen molar-refractivity contribution in [1.82, 2.24) is 4.57 Å². The van der Waals surface area contributed by atoms with Crippen LogP contribution in [0.3, 0.4) is 0 Å². The summed E-state index contributed by atoms with van der Waals surface area (Å²) in [6.45, 7) is 10.3. The van der Waals surface area contributed by atoms with Gasteiger partial charge >= 0.3 is 0 Å². The minimum atomic E-state index is 0.578. The topological polar surface area (TPSA) is 8.81 Å². The Bertz CT molecular complexity index is 326. The number of rotatable bonds is 9. The zero-order chi connectivity index (χ0) is 13.4. The molecule has 0 aliphatic rings. The average Bonchev–Trinajstić information content (AvgIpc) is 2.75. The highest BCUT2D eigenvalue weighted by Gasteiger charge is 2.18. The molecule has 0 N–H and O–H groups in total. The van der Waals surface area contributed by atoms with E-state index in [1.54, 1.807) is 0 Å². The van der Waals surface area contributed by atoms with Crippen LogP contribution in [0.2, 0.25) is 0 Å². The van der Waals surface area contributed by atoms with Gasteiger partial charge in [0.2, 0.25) is 0 Å². The van der Waals surface area contributed by atoms with Gasteiger partial charge in [0.05, 0.1) is 12.6 Å². The average molecular weight is 251 g/mol. The largest absolute Gasteiger partial charge is 0.256 e. The Hall–Kier alpha value is -0.790. The van der Waals surface area contributed by atoms with E-state index in [4.69, 9.17) is 0 Å². The Morgan fingerprint density at radius 3 is 2.39 bits per heavy atom. The van der Waals surface area contributed by atoms with Gasteiger partial charge in [-0.1, -0.05) is 39.5 Å². The van der Waals surface area contributed by atoms with Crippen molar-refractivity contribution in [3.8, 4) is 0 Å². The number of aromatic nitrogens is 2. The van der Waals surface area contributed by atoms with Crippen LogP contribution < -0.4 is 4.57 Å². The summed E-state index contributed by atoms with van der Waals surface area (Å²) < 4.78 is 4.91. The number of imidazole rings is 1. The van der Waals surface area contributed by atoms with E-state index in [1.165, 1.54) is 57.3 Å². The van der Waals surface area contributed by atoms with Gasteiger partial charge in [-0.3, -0.25) is 0 Å². The van der Waals surface area contributed by atoms with Crippen LogP contribution in [0.25, 0.3) is 0 Å². The molecule has 0 atom stereocenters. The lowest BCUT2D eigenvalue weighted by Gasteiger charge is -2.07. The van der Waals surface area contributed by atoms with Crippen LogP contribution in [0.15, 0.2) is 12.4 Å². The summed E-state index contributed by atoms with van der Waals surface area (Å²) in [5, 5.41) is 0. The first kappa shape index (κ1) is 15.3. The van der Waals surface area contributed by atoms with Crippen molar-refractivity contribution in [2.75, 3.05) is 0 Å². The van der Waals surface area contributed by atoms with Crippen LogP contribution in [-0.2, 0) is 13.0 Å². The molecule has 0 aliphatic heterocycles. The summed E-state index contributed by atoms with van der Waals surface area (Å²) in [6, 6.07) is 0.578. The van der Waals surface area contributed by atoms with Gasteiger partial charge in [0.1, 0.15) is 12.4 Å². The smallest absolute Gasteiger partial charge is 0.234 e. The first-order valence-electron chi connectivity index (χ1n) is 7.79. The van der Waals surface area contributed by atoms with Crippen LogP contribution in [0.1, 0.15) is 78.1 Å². The molecule has 0 spiro atoms. The zero-order valence-electron chi connectivity index (χ0n) is 12.8. The monoisotopic (exact) mass is 251 g/mol. The van der Waals surface area contributed by atoms with E-state index in [2.05, 4.69) is 49.2 Å². The number of nitrogens with zero attached hydrogens (tertiary/aromatic N) is 2. The maximum Gasteiger partial charge on any atom is 0.256 e. The van der Waals surface area contributed by atoms with Crippen molar-refractivity contribution in [3.05, 3.63) is 18.2 Å². The molecule has 0 aromatic carbocycles. The van der Waals surface area contributed by atoms with E-state index in [1.807, 2.05) is 0 Å². The van der Waals surface area contributed by atoms with Gasteiger partial charge in [0.25, 0.3) is 5.82 Å². The van der Waals surface area contributed by atoms with E-state index in [0.717, 1.165) is 0 Å². The lowest BCUT2D eigenvalue weighted by Crippen LogP contribution is -2.37. The number of aryl methyl sites for hydroxylation is 1. The Morgan fingerprint density at radius 1 is 1.06 bits per heavy atom. The molecule has 0 radical (unpaired) electrons. The molecule has 0 amide bonds. The molecule has 0 aliphatic carbocycles. The van der Waals surface area contributed by atoms with E-state index < -0.39 is 0 Å². The van der Waals surface area contributed by atoms with Crippen molar-refractivity contribution in [3.63, 3.8) is 0 Å². The standard InChI is InChI=1S/C16H31N2/c1-5-7-9-10-11-16-17(12-8-6-2)13-14-18(16)15(3)4/h13-15H,5-12H2,1-4H3/q+1. The van der Waals surface area contributed by atoms with Crippen molar-refractivity contribution in [2.24, 2.45) is 0 Å². The minimum absolute atomic E-state index is 0.578. The lowest BCUT2D eigenvalue weighted by atomic mass is 10.1. The Labute approximate surface area is 113 Å². The second-order valence-electron chi connectivity index (χ2n) is 5.57. The molecule has 18 heavy (non-hydrogen) atoms. The summed E-state index contributed by atoms with van der Waals surface area (Å²) >= 11 is 0. The fourth-order valence-corrected chi connectivity index (χ4v) is 2.46. The zero-order valence-corrected chi connectivity index (χ0v) is 12.8. The van der Waals surface area contributed by atoms with Gasteiger partial charge in [0, 0.05) is 6.42 Å². The molecule has 104 valence electrons. The first-order valence-corrected chi connectivity index (χ1v) is 7.79. The minimum Gasteiger partial charge on any atom is -0.234 e. The summed E-state index contributed by atoms with van der Waals surface area (Å²) in [4.78, 5) is 0. The summed E-state index contributed by atoms with van der Waals surface area (Å²) in [6.07, 6.45) is 13.7. The Balaban J connectivity index is 2.66. The molecular formula is C16H31N2+. The molecule has 2 heteroatoms. The van der Waals surface area contributed by atoms with Crippen molar-refractivity contribution >= 4 is 0 Å². The third-order valence-electron chi connectivity index (χ3n) is 3.60. The SMILES string of the molecule is CCCCCCc1n(C(C)C)cc[n+]1CCCC. The first-order chi connectivity index (χ1) is 8.70. The van der Waals surface area contributed by atoms with E-state index >= 15 is 0 Å². The predicted octanol–water partition coefficient (Wildman–Crippen LogP) is 4.28. The van der Waals surface area contributed by atoms with Gasteiger partial charge in [0.15, 0.2) is 0 Å². The van der Waals surface area contributed by atoms with E-state index in [9.17, 15) is 0 Å². The maximum absolute atomic E-state index is 2.47. The van der Waals surface area contributed by atoms with E-state index in [0.29, 0.717) is 6.04 Å². The molecule has 0 saturated carbocycles. The fraction of sp³-hybridized carbons (Fsp3) is 0.812. The summed E-state index contributed by atoms with van der Waals surface area (Å²) in [5.74, 6) is 1.52. The molecule has 0 fully saturated rings. The van der Waals surface area contributed by atoms with Gasteiger partial charge < -0.3 is 0 Å². The van der Waals surface area contributed by atoms with Crippen LogP contribution in [0.5, 0.6) is 0 Å². The molecular weight excluding hydrogens is 220 g/mol. The molecule has 1 rings (SSSR count). The van der Waals surface area contributed by atoms with Crippen LogP contribution in [-0.4, -0.2) is 4.57 Å². The molecule has 1 aromatic heterocycles. The normalized spacial score (nSPS) is 11.4. The van der Waals surface area contributed by atoms with Gasteiger partial charge in [-0.2, -0.15) is 0 Å². The second-order valence-corrected chi connectivity index (χ2v) is 5.57. The number of hydrogen-bond donors (Lipinski definition) is 0. The van der Waals surface area contributed by atoms with Gasteiger partial charge in [-0.05, 0) is 26.7 Å². The third-order valence-corrected chi connectivity index (χ3v) is 3.60. The summed E-state index contributed by atoms with van der Waals surface area (Å²) in [7, 11) is 0. The quantitative estimate of drug-likeness (QED) is 0.457. The lowest BCUT2D eigenvalue weighted by molar-refractivity contribution is -0.704. The van der Waals surface area contributed by atoms with E-state index in [-0.39, 0.29) is 0 Å². The van der Waals surface area contributed by atoms with Crippen molar-refractivity contribution in [2.45, 2.75) is 85.2 Å². The number of unbranched alkanes of at least 4 members (excludes halogenated alkanes) is 4. The second kappa shape index (κ2) is 8.34. The van der Waals surface area contributed by atoms with Crippen molar-refractivity contribution in [1.29, 1.82) is 0 Å². The fourth-order valence-electron chi connectivity index (χ4n) is 2.46.